The molecule has 0 aliphatic carbocycles. The maximum atomic E-state index is 12.4. The highest BCUT2D eigenvalue weighted by Crippen LogP contribution is 2.18. The summed E-state index contributed by atoms with van der Waals surface area (Å²) in [5.74, 6) is 0. The van der Waals surface area contributed by atoms with E-state index in [-0.39, 0.29) is 4.90 Å². The molecule has 0 bridgehead atoms. The Balaban J connectivity index is 1.76. The van der Waals surface area contributed by atoms with E-state index in [0.29, 0.717) is 0 Å². The number of benzene rings is 3. The first-order valence-electron chi connectivity index (χ1n) is 7.77. The molecule has 0 spiro atoms. The molecule has 0 saturated carbocycles. The van der Waals surface area contributed by atoms with Crippen LogP contribution in [0.5, 0.6) is 0 Å². The van der Waals surface area contributed by atoms with Crippen molar-refractivity contribution in [3.63, 3.8) is 0 Å². The van der Waals surface area contributed by atoms with Crippen LogP contribution in [-0.4, -0.2) is 28.7 Å². The second-order valence-corrected chi connectivity index (χ2v) is 7.51. The summed E-state index contributed by atoms with van der Waals surface area (Å²) in [6, 6.07) is 20.3. The van der Waals surface area contributed by atoms with Gasteiger partial charge in [0.25, 0.3) is 10.0 Å². The zero-order valence-corrected chi connectivity index (χ0v) is 14.9. The predicted octanol–water partition coefficient (Wildman–Crippen LogP) is 3.22. The normalized spacial score (nSPS) is 11.8. The molecular weight excluding hydrogens is 334 g/mol. The minimum atomic E-state index is -3.70. The van der Waals surface area contributed by atoms with Crippen molar-refractivity contribution in [1.29, 1.82) is 0 Å². The standard InChI is InChI=1S/C19H19N3O2S/c1-22(2)18-10-7-15(8-11-18)14-20-21-25(23,24)19-12-9-16-5-3-4-6-17(16)13-19/h3-14,21H,1-2H3. The van der Waals surface area contributed by atoms with Gasteiger partial charge in [-0.15, -0.1) is 0 Å². The topological polar surface area (TPSA) is 61.8 Å². The summed E-state index contributed by atoms with van der Waals surface area (Å²) in [5.41, 5.74) is 1.88. The Morgan fingerprint density at radius 3 is 2.28 bits per heavy atom. The third kappa shape index (κ3) is 3.97. The van der Waals surface area contributed by atoms with Gasteiger partial charge in [-0.1, -0.05) is 42.5 Å². The summed E-state index contributed by atoms with van der Waals surface area (Å²) in [6.45, 7) is 0. The van der Waals surface area contributed by atoms with E-state index in [0.717, 1.165) is 22.0 Å². The van der Waals surface area contributed by atoms with Crippen LogP contribution in [0, 0.1) is 0 Å². The van der Waals surface area contributed by atoms with Crippen molar-refractivity contribution < 1.29 is 8.42 Å². The Bertz CT molecular complexity index is 1010. The van der Waals surface area contributed by atoms with Crippen LogP contribution in [0.25, 0.3) is 10.8 Å². The van der Waals surface area contributed by atoms with Crippen molar-refractivity contribution in [2.75, 3.05) is 19.0 Å². The molecule has 5 nitrogen and oxygen atoms in total. The third-order valence-electron chi connectivity index (χ3n) is 3.83. The van der Waals surface area contributed by atoms with Crippen molar-refractivity contribution in [1.82, 2.24) is 4.83 Å². The maximum Gasteiger partial charge on any atom is 0.276 e. The van der Waals surface area contributed by atoms with Crippen LogP contribution in [0.3, 0.4) is 0 Å². The molecule has 3 aromatic carbocycles. The molecule has 0 saturated heterocycles. The molecule has 6 heteroatoms. The van der Waals surface area contributed by atoms with E-state index in [9.17, 15) is 8.42 Å². The van der Waals surface area contributed by atoms with Crippen LogP contribution in [-0.2, 0) is 10.0 Å². The summed E-state index contributed by atoms with van der Waals surface area (Å²) in [6.07, 6.45) is 1.48. The molecule has 128 valence electrons. The monoisotopic (exact) mass is 353 g/mol. The number of anilines is 1. The molecule has 0 aliphatic heterocycles. The lowest BCUT2D eigenvalue weighted by Gasteiger charge is -2.11. The third-order valence-corrected chi connectivity index (χ3v) is 5.05. The van der Waals surface area contributed by atoms with E-state index in [2.05, 4.69) is 9.93 Å². The average Bonchev–Trinajstić information content (AvgIpc) is 2.61. The fourth-order valence-electron chi connectivity index (χ4n) is 2.42. The molecule has 0 atom stereocenters. The van der Waals surface area contributed by atoms with Crippen molar-refractivity contribution in [2.24, 2.45) is 5.10 Å². The van der Waals surface area contributed by atoms with E-state index in [1.54, 1.807) is 18.2 Å². The largest absolute Gasteiger partial charge is 0.378 e. The molecule has 0 unspecified atom stereocenters. The lowest BCUT2D eigenvalue weighted by Crippen LogP contribution is -2.18. The maximum absolute atomic E-state index is 12.4. The first-order valence-corrected chi connectivity index (χ1v) is 9.25. The van der Waals surface area contributed by atoms with Crippen molar-refractivity contribution in [2.45, 2.75) is 4.90 Å². The zero-order valence-electron chi connectivity index (χ0n) is 14.0. The summed E-state index contributed by atoms with van der Waals surface area (Å²) < 4.78 is 24.8. The molecule has 3 rings (SSSR count). The van der Waals surface area contributed by atoms with Crippen LogP contribution in [0.4, 0.5) is 5.69 Å². The van der Waals surface area contributed by atoms with Crippen molar-refractivity contribution in [3.05, 3.63) is 72.3 Å². The van der Waals surface area contributed by atoms with Crippen LogP contribution in [0.1, 0.15) is 5.56 Å². The van der Waals surface area contributed by atoms with Crippen molar-refractivity contribution >= 4 is 32.7 Å². The molecule has 0 fully saturated rings. The highest BCUT2D eigenvalue weighted by Gasteiger charge is 2.12. The molecule has 25 heavy (non-hydrogen) atoms. The van der Waals surface area contributed by atoms with Crippen LogP contribution < -0.4 is 9.73 Å². The predicted molar refractivity (Wildman–Crippen MR) is 103 cm³/mol. The fourth-order valence-corrected chi connectivity index (χ4v) is 3.24. The summed E-state index contributed by atoms with van der Waals surface area (Å²) in [4.78, 5) is 4.43. The summed E-state index contributed by atoms with van der Waals surface area (Å²) >= 11 is 0. The van der Waals surface area contributed by atoms with Gasteiger partial charge in [-0.2, -0.15) is 13.5 Å². The first kappa shape index (κ1) is 17.0. The van der Waals surface area contributed by atoms with E-state index in [1.807, 2.05) is 67.5 Å². The van der Waals surface area contributed by atoms with Gasteiger partial charge in [0.2, 0.25) is 0 Å². The number of rotatable bonds is 5. The quantitative estimate of drug-likeness (QED) is 0.566. The lowest BCUT2D eigenvalue weighted by molar-refractivity contribution is 0.585. The van der Waals surface area contributed by atoms with Gasteiger partial charge in [-0.25, -0.2) is 4.83 Å². The van der Waals surface area contributed by atoms with E-state index >= 15 is 0 Å². The van der Waals surface area contributed by atoms with Gasteiger partial charge in [0.15, 0.2) is 0 Å². The highest BCUT2D eigenvalue weighted by atomic mass is 32.2. The number of fused-ring (bicyclic) bond motifs is 1. The Hall–Kier alpha value is -2.86. The molecule has 3 aromatic rings. The van der Waals surface area contributed by atoms with Gasteiger partial charge in [-0.3, -0.25) is 0 Å². The van der Waals surface area contributed by atoms with E-state index in [4.69, 9.17) is 0 Å². The van der Waals surface area contributed by atoms with Gasteiger partial charge in [0.05, 0.1) is 11.1 Å². The van der Waals surface area contributed by atoms with Crippen LogP contribution >= 0.6 is 0 Å². The Morgan fingerprint density at radius 2 is 1.60 bits per heavy atom. The molecule has 1 N–H and O–H groups in total. The lowest BCUT2D eigenvalue weighted by atomic mass is 10.1. The number of hydrogen-bond acceptors (Lipinski definition) is 4. The molecule has 0 aromatic heterocycles. The fraction of sp³-hybridized carbons (Fsp3) is 0.105. The van der Waals surface area contributed by atoms with E-state index < -0.39 is 10.0 Å². The smallest absolute Gasteiger partial charge is 0.276 e. The Labute approximate surface area is 147 Å². The van der Waals surface area contributed by atoms with Gasteiger partial charge in [0.1, 0.15) is 0 Å². The minimum Gasteiger partial charge on any atom is -0.378 e. The van der Waals surface area contributed by atoms with Crippen LogP contribution in [0.15, 0.2) is 76.7 Å². The minimum absolute atomic E-state index is 0.186. The number of hydrogen-bond donors (Lipinski definition) is 1. The number of hydrazone groups is 1. The second kappa shape index (κ2) is 6.94. The van der Waals surface area contributed by atoms with E-state index in [1.165, 1.54) is 6.21 Å². The van der Waals surface area contributed by atoms with Gasteiger partial charge >= 0.3 is 0 Å². The van der Waals surface area contributed by atoms with Gasteiger partial charge in [0, 0.05) is 19.8 Å². The molecular formula is C19H19N3O2S. The average molecular weight is 353 g/mol. The molecule has 0 aliphatic rings. The highest BCUT2D eigenvalue weighted by molar-refractivity contribution is 7.89. The molecule has 0 heterocycles. The number of nitrogens with zero attached hydrogens (tertiary/aromatic N) is 2. The summed E-state index contributed by atoms with van der Waals surface area (Å²) in [7, 11) is 0.219. The Kier molecular flexibility index (Phi) is 4.72. The SMILES string of the molecule is CN(C)c1ccc(C=NNS(=O)(=O)c2ccc3ccccc3c2)cc1. The second-order valence-electron chi connectivity index (χ2n) is 5.85. The molecule has 0 radical (unpaired) electrons. The zero-order chi connectivity index (χ0) is 17.9. The molecule has 0 amide bonds. The first-order chi connectivity index (χ1) is 12.0. The van der Waals surface area contributed by atoms with Crippen molar-refractivity contribution in [3.8, 4) is 0 Å². The number of nitrogens with one attached hydrogen (secondary N) is 1. The number of sulfonamides is 1. The van der Waals surface area contributed by atoms with Gasteiger partial charge < -0.3 is 4.90 Å². The van der Waals surface area contributed by atoms with Crippen LogP contribution in [0.2, 0.25) is 0 Å². The summed E-state index contributed by atoms with van der Waals surface area (Å²) in [5, 5.41) is 5.73. The van der Waals surface area contributed by atoms with Gasteiger partial charge in [-0.05, 0) is 40.6 Å². The Morgan fingerprint density at radius 1 is 0.920 bits per heavy atom.